The lowest BCUT2D eigenvalue weighted by Gasteiger charge is -2.07. The molecule has 1 aromatic rings. The van der Waals surface area contributed by atoms with Crippen LogP contribution in [-0.4, -0.2) is 46.3 Å². The van der Waals surface area contributed by atoms with Gasteiger partial charge in [0.25, 0.3) is 21.8 Å². The lowest BCUT2D eigenvalue weighted by atomic mass is 10.1. The summed E-state index contributed by atoms with van der Waals surface area (Å²) in [4.78, 5) is 34.3. The van der Waals surface area contributed by atoms with E-state index in [1.807, 2.05) is 4.72 Å². The summed E-state index contributed by atoms with van der Waals surface area (Å²) in [5, 5.41) is 2.34. The van der Waals surface area contributed by atoms with Crippen molar-refractivity contribution in [1.82, 2.24) is 10.0 Å². The second-order valence-corrected chi connectivity index (χ2v) is 9.71. The van der Waals surface area contributed by atoms with Crippen LogP contribution in [-0.2, 0) is 29.1 Å². The molecule has 0 aliphatic carbocycles. The Morgan fingerprint density at radius 2 is 1.44 bits per heavy atom. The summed E-state index contributed by atoms with van der Waals surface area (Å²) >= 11 is 0. The third-order valence-electron chi connectivity index (χ3n) is 5.12. The van der Waals surface area contributed by atoms with Gasteiger partial charge < -0.3 is 10.1 Å². The number of likely N-dealkylation sites (N-methyl/N-ethyl adjacent to an activating group) is 1. The first-order valence-corrected chi connectivity index (χ1v) is 13.4. The first-order chi connectivity index (χ1) is 16.4. The summed E-state index contributed by atoms with van der Waals surface area (Å²) in [5.41, 5.74) is 0. The van der Waals surface area contributed by atoms with Crippen LogP contribution in [0, 0.1) is 0 Å². The zero-order valence-corrected chi connectivity index (χ0v) is 20.9. The highest BCUT2D eigenvalue weighted by Gasteiger charge is 2.16. The molecule has 2 N–H and O–H groups in total. The number of benzene rings is 1. The van der Waals surface area contributed by atoms with Crippen molar-refractivity contribution < 1.29 is 27.5 Å². The molecule has 0 radical (unpaired) electrons. The average molecular weight is 495 g/mol. The van der Waals surface area contributed by atoms with Crippen LogP contribution in [0.25, 0.3) is 0 Å². The van der Waals surface area contributed by atoms with Gasteiger partial charge in [-0.2, -0.15) is 0 Å². The van der Waals surface area contributed by atoms with Gasteiger partial charge in [0, 0.05) is 20.1 Å². The number of Topliss-reactive ketones (excluding diaryl/α,β-unsaturated/α-hetero) is 1. The second-order valence-electron chi connectivity index (χ2n) is 8.02. The number of amides is 2. The Hall–Kier alpha value is -2.52. The average Bonchev–Trinajstić information content (AvgIpc) is 2.83. The minimum absolute atomic E-state index is 0.0467. The van der Waals surface area contributed by atoms with Crippen LogP contribution in [0.1, 0.15) is 70.6 Å². The quantitative estimate of drug-likeness (QED) is 0.172. The molecule has 2 amide bonds. The molecule has 0 atom stereocenters. The molecule has 0 aliphatic rings. The molecule has 8 nitrogen and oxygen atoms in total. The van der Waals surface area contributed by atoms with Gasteiger partial charge in [0.2, 0.25) is 5.78 Å². The SMILES string of the molecule is CNC(=O)C(=O)CCCCC/C=C\CCCCCCCOCC(=O)NS(=O)(=O)c1ccccc1. The lowest BCUT2D eigenvalue weighted by molar-refractivity contribution is -0.137. The number of unbranched alkanes of at least 4 members (excludes halogenated alkanes) is 8. The van der Waals surface area contributed by atoms with Crippen LogP contribution in [0.4, 0.5) is 0 Å². The van der Waals surface area contributed by atoms with Crippen molar-refractivity contribution in [2.24, 2.45) is 0 Å². The van der Waals surface area contributed by atoms with Gasteiger partial charge in [-0.3, -0.25) is 14.4 Å². The first kappa shape index (κ1) is 29.5. The molecule has 0 bridgehead atoms. The number of sulfonamides is 1. The van der Waals surface area contributed by atoms with Gasteiger partial charge >= 0.3 is 0 Å². The fraction of sp³-hybridized carbons (Fsp3) is 0.560. The fourth-order valence-electron chi connectivity index (χ4n) is 3.21. The summed E-state index contributed by atoms with van der Waals surface area (Å²) in [6, 6.07) is 7.75. The monoisotopic (exact) mass is 494 g/mol. The molecular formula is C25H38N2O6S. The molecule has 0 aliphatic heterocycles. The molecule has 0 heterocycles. The van der Waals surface area contributed by atoms with Crippen LogP contribution in [0.5, 0.6) is 0 Å². The predicted molar refractivity (Wildman–Crippen MR) is 132 cm³/mol. The summed E-state index contributed by atoms with van der Waals surface area (Å²) < 4.78 is 31.4. The van der Waals surface area contributed by atoms with E-state index in [9.17, 15) is 22.8 Å². The molecule has 0 aromatic heterocycles. The van der Waals surface area contributed by atoms with Gasteiger partial charge in [0.1, 0.15) is 6.61 Å². The molecule has 1 aromatic carbocycles. The Balaban J connectivity index is 1.92. The van der Waals surface area contributed by atoms with E-state index >= 15 is 0 Å². The molecule has 0 saturated heterocycles. The molecule has 1 rings (SSSR count). The number of ketones is 1. The Morgan fingerprint density at radius 1 is 0.853 bits per heavy atom. The van der Waals surface area contributed by atoms with Crippen molar-refractivity contribution in [3.63, 3.8) is 0 Å². The standard InChI is InChI=1S/C25H38N2O6S/c1-26-25(30)23(28)19-15-10-8-6-4-2-3-5-7-9-11-16-20-33-21-24(29)27-34(31,32)22-17-13-12-14-18-22/h2,4,12-14,17-18H,3,5-11,15-16,19-21H2,1H3,(H,26,30)(H,27,29)/b4-2-. The second kappa shape index (κ2) is 17.9. The van der Waals surface area contributed by atoms with Crippen molar-refractivity contribution in [1.29, 1.82) is 0 Å². The highest BCUT2D eigenvalue weighted by Crippen LogP contribution is 2.09. The highest BCUT2D eigenvalue weighted by atomic mass is 32.2. The number of ether oxygens (including phenoxy) is 1. The van der Waals surface area contributed by atoms with Crippen LogP contribution >= 0.6 is 0 Å². The minimum atomic E-state index is -3.85. The number of nitrogens with one attached hydrogen (secondary N) is 2. The van der Waals surface area contributed by atoms with Crippen LogP contribution < -0.4 is 10.0 Å². The van der Waals surface area contributed by atoms with Crippen molar-refractivity contribution in [3.8, 4) is 0 Å². The van der Waals surface area contributed by atoms with E-state index < -0.39 is 21.8 Å². The fourth-order valence-corrected chi connectivity index (χ4v) is 4.20. The summed E-state index contributed by atoms with van der Waals surface area (Å²) in [5.74, 6) is -1.52. The first-order valence-electron chi connectivity index (χ1n) is 11.9. The van der Waals surface area contributed by atoms with Gasteiger partial charge in [0.05, 0.1) is 4.90 Å². The molecule has 9 heteroatoms. The third-order valence-corrected chi connectivity index (χ3v) is 6.51. The van der Waals surface area contributed by atoms with E-state index in [-0.39, 0.29) is 17.3 Å². The largest absolute Gasteiger partial charge is 0.372 e. The Morgan fingerprint density at radius 3 is 2.09 bits per heavy atom. The zero-order valence-electron chi connectivity index (χ0n) is 20.1. The van der Waals surface area contributed by atoms with E-state index in [4.69, 9.17) is 4.74 Å². The van der Waals surface area contributed by atoms with Crippen LogP contribution in [0.2, 0.25) is 0 Å². The lowest BCUT2D eigenvalue weighted by Crippen LogP contribution is -2.33. The van der Waals surface area contributed by atoms with Crippen molar-refractivity contribution in [2.45, 2.75) is 75.5 Å². The van der Waals surface area contributed by atoms with Gasteiger partial charge in [-0.25, -0.2) is 13.1 Å². The number of hydrogen-bond donors (Lipinski definition) is 2. The molecule has 34 heavy (non-hydrogen) atoms. The summed E-state index contributed by atoms with van der Waals surface area (Å²) in [6.45, 7) is 0.147. The molecule has 0 spiro atoms. The van der Waals surface area contributed by atoms with E-state index in [1.54, 1.807) is 18.2 Å². The van der Waals surface area contributed by atoms with Gasteiger partial charge in [0.15, 0.2) is 0 Å². The summed E-state index contributed by atoms with van der Waals surface area (Å²) in [7, 11) is -2.38. The van der Waals surface area contributed by atoms with E-state index in [0.717, 1.165) is 64.2 Å². The third kappa shape index (κ3) is 13.9. The van der Waals surface area contributed by atoms with E-state index in [0.29, 0.717) is 13.0 Å². The number of carbonyl (C=O) groups excluding carboxylic acids is 3. The number of allylic oxidation sites excluding steroid dienone is 2. The van der Waals surface area contributed by atoms with Crippen molar-refractivity contribution in [3.05, 3.63) is 42.5 Å². The van der Waals surface area contributed by atoms with Gasteiger partial charge in [-0.05, 0) is 50.7 Å². The highest BCUT2D eigenvalue weighted by molar-refractivity contribution is 7.90. The van der Waals surface area contributed by atoms with Crippen molar-refractivity contribution >= 4 is 27.6 Å². The maximum Gasteiger partial charge on any atom is 0.287 e. The maximum atomic E-state index is 12.0. The number of carbonyl (C=O) groups is 3. The van der Waals surface area contributed by atoms with E-state index in [1.165, 1.54) is 19.2 Å². The zero-order chi connectivity index (χ0) is 25.1. The molecular weight excluding hydrogens is 456 g/mol. The molecule has 0 unspecified atom stereocenters. The van der Waals surface area contributed by atoms with Gasteiger partial charge in [-0.1, -0.05) is 56.0 Å². The van der Waals surface area contributed by atoms with E-state index in [2.05, 4.69) is 17.5 Å². The van der Waals surface area contributed by atoms with Crippen LogP contribution in [0.3, 0.4) is 0 Å². The number of rotatable bonds is 19. The maximum absolute atomic E-state index is 12.0. The van der Waals surface area contributed by atoms with Crippen molar-refractivity contribution in [2.75, 3.05) is 20.3 Å². The summed E-state index contributed by atoms with van der Waals surface area (Å²) in [6.07, 6.45) is 14.6. The molecule has 190 valence electrons. The predicted octanol–water partition coefficient (Wildman–Crippen LogP) is 3.67. The molecule has 0 fully saturated rings. The van der Waals surface area contributed by atoms with Gasteiger partial charge in [-0.15, -0.1) is 0 Å². The normalized spacial score (nSPS) is 11.4. The Kier molecular flexibility index (Phi) is 15.5. The topological polar surface area (TPSA) is 119 Å². The molecule has 0 saturated carbocycles. The Bertz CT molecular complexity index is 869. The smallest absolute Gasteiger partial charge is 0.287 e. The number of hydrogen-bond acceptors (Lipinski definition) is 6. The minimum Gasteiger partial charge on any atom is -0.372 e. The van der Waals surface area contributed by atoms with Crippen LogP contribution in [0.15, 0.2) is 47.4 Å². The Labute approximate surface area is 203 Å².